The van der Waals surface area contributed by atoms with Gasteiger partial charge in [0.25, 0.3) is 5.69 Å². The molecule has 19 heavy (non-hydrogen) atoms. The normalized spacial score (nSPS) is 12.4. The van der Waals surface area contributed by atoms with Crippen LogP contribution in [0.15, 0.2) is 43.9 Å². The fraction of sp³-hybridized carbons (Fsp3) is 0.167. The highest BCUT2D eigenvalue weighted by Crippen LogP contribution is 2.44. The van der Waals surface area contributed by atoms with Gasteiger partial charge in [-0.25, -0.2) is 0 Å². The molecular formula is C12H10BrNO3S2. The van der Waals surface area contributed by atoms with E-state index in [9.17, 15) is 15.2 Å². The van der Waals surface area contributed by atoms with E-state index in [1.165, 1.54) is 29.2 Å². The van der Waals surface area contributed by atoms with E-state index in [2.05, 4.69) is 15.9 Å². The number of nitro groups is 1. The Morgan fingerprint density at radius 1 is 1.47 bits per heavy atom. The molecule has 0 radical (unpaired) electrons. The van der Waals surface area contributed by atoms with Crippen molar-refractivity contribution in [3.05, 3.63) is 49.8 Å². The predicted octanol–water partition coefficient (Wildman–Crippen LogP) is 4.62. The van der Waals surface area contributed by atoms with Gasteiger partial charge >= 0.3 is 0 Å². The van der Waals surface area contributed by atoms with Gasteiger partial charge in [-0.05, 0) is 35.0 Å². The van der Waals surface area contributed by atoms with Crippen molar-refractivity contribution < 1.29 is 10.0 Å². The molecule has 7 heteroatoms. The molecule has 0 fully saturated rings. The van der Waals surface area contributed by atoms with Gasteiger partial charge in [0, 0.05) is 20.3 Å². The van der Waals surface area contributed by atoms with Gasteiger partial charge in [-0.2, -0.15) is 0 Å². The van der Waals surface area contributed by atoms with Crippen LogP contribution in [0.1, 0.15) is 17.9 Å². The van der Waals surface area contributed by atoms with Crippen molar-refractivity contribution in [1.29, 1.82) is 0 Å². The molecule has 1 aromatic carbocycles. The summed E-state index contributed by atoms with van der Waals surface area (Å²) >= 11 is 5.99. The quantitative estimate of drug-likeness (QED) is 0.638. The molecule has 0 aliphatic rings. The van der Waals surface area contributed by atoms with E-state index in [0.717, 1.165) is 9.37 Å². The number of thiophene rings is 1. The number of rotatable bonds is 4. The van der Waals surface area contributed by atoms with Crippen molar-refractivity contribution in [2.75, 3.05) is 0 Å². The maximum absolute atomic E-state index is 11.0. The molecule has 0 aliphatic heterocycles. The van der Waals surface area contributed by atoms with Crippen molar-refractivity contribution in [3.8, 4) is 0 Å². The Balaban J connectivity index is 2.39. The molecule has 1 aromatic heterocycles. The maximum atomic E-state index is 11.0. The van der Waals surface area contributed by atoms with Gasteiger partial charge in [0.1, 0.15) is 4.21 Å². The Morgan fingerprint density at radius 3 is 2.74 bits per heavy atom. The Bertz CT molecular complexity index is 613. The molecule has 0 saturated carbocycles. The lowest BCUT2D eigenvalue weighted by atomic mass is 10.3. The van der Waals surface area contributed by atoms with Crippen molar-refractivity contribution in [2.45, 2.75) is 22.1 Å². The summed E-state index contributed by atoms with van der Waals surface area (Å²) in [6.45, 7) is 1.60. The van der Waals surface area contributed by atoms with Crippen LogP contribution in [0.25, 0.3) is 0 Å². The fourth-order valence-electron chi connectivity index (χ4n) is 1.42. The monoisotopic (exact) mass is 359 g/mol. The van der Waals surface area contributed by atoms with Gasteiger partial charge in [-0.1, -0.05) is 23.9 Å². The number of halogens is 1. The van der Waals surface area contributed by atoms with Crippen LogP contribution in [0.3, 0.4) is 0 Å². The molecular weight excluding hydrogens is 350 g/mol. The number of aliphatic hydroxyl groups is 1. The first-order valence-electron chi connectivity index (χ1n) is 5.37. The Morgan fingerprint density at radius 2 is 2.16 bits per heavy atom. The van der Waals surface area contributed by atoms with Crippen molar-refractivity contribution >= 4 is 44.7 Å². The standard InChI is InChI=1S/C12H10BrNO3S2/c1-7(15)11-6-9(14(16)17)12(19-11)18-10-5-3-2-4-8(10)13/h2-7,15H,1H3/t7-/m1/s1. The number of aliphatic hydroxyl groups excluding tert-OH is 1. The third-order valence-corrected chi connectivity index (χ3v) is 5.86. The van der Waals surface area contributed by atoms with E-state index in [1.807, 2.05) is 24.3 Å². The van der Waals surface area contributed by atoms with Crippen molar-refractivity contribution in [1.82, 2.24) is 0 Å². The molecule has 1 N–H and O–H groups in total. The van der Waals surface area contributed by atoms with Crippen molar-refractivity contribution in [2.24, 2.45) is 0 Å². The highest BCUT2D eigenvalue weighted by Gasteiger charge is 2.22. The van der Waals surface area contributed by atoms with E-state index in [1.54, 1.807) is 6.92 Å². The Labute approximate surface area is 126 Å². The molecule has 2 aromatic rings. The second-order valence-corrected chi connectivity index (χ2v) is 7.04. The smallest absolute Gasteiger partial charge is 0.294 e. The number of nitrogens with zero attached hydrogens (tertiary/aromatic N) is 1. The number of hydrogen-bond donors (Lipinski definition) is 1. The third-order valence-electron chi connectivity index (χ3n) is 2.35. The largest absolute Gasteiger partial charge is 0.388 e. The minimum atomic E-state index is -0.697. The van der Waals surface area contributed by atoms with Gasteiger partial charge in [0.05, 0.1) is 11.0 Å². The van der Waals surface area contributed by atoms with E-state index in [4.69, 9.17) is 0 Å². The summed E-state index contributed by atoms with van der Waals surface area (Å²) in [4.78, 5) is 12.1. The highest BCUT2D eigenvalue weighted by atomic mass is 79.9. The number of hydrogen-bond acceptors (Lipinski definition) is 5. The summed E-state index contributed by atoms with van der Waals surface area (Å²) in [7, 11) is 0. The zero-order valence-electron chi connectivity index (χ0n) is 9.87. The molecule has 2 rings (SSSR count). The van der Waals surface area contributed by atoms with Crippen LogP contribution in [0.4, 0.5) is 5.69 Å². The molecule has 0 amide bonds. The molecule has 0 aliphatic carbocycles. The van der Waals surface area contributed by atoms with E-state index in [-0.39, 0.29) is 5.69 Å². The number of benzene rings is 1. The minimum absolute atomic E-state index is 0.0432. The van der Waals surface area contributed by atoms with Crippen molar-refractivity contribution in [3.63, 3.8) is 0 Å². The highest BCUT2D eigenvalue weighted by molar-refractivity contribution is 9.10. The lowest BCUT2D eigenvalue weighted by Crippen LogP contribution is -1.87. The van der Waals surface area contributed by atoms with Crippen LogP contribution < -0.4 is 0 Å². The summed E-state index contributed by atoms with van der Waals surface area (Å²) in [6, 6.07) is 8.98. The Hall–Kier alpha value is -0.890. The summed E-state index contributed by atoms with van der Waals surface area (Å²) < 4.78 is 1.47. The van der Waals surface area contributed by atoms with Gasteiger partial charge in [0.2, 0.25) is 0 Å². The Kier molecular flexibility index (Phi) is 4.62. The minimum Gasteiger partial charge on any atom is -0.388 e. The molecule has 1 atom stereocenters. The van der Waals surface area contributed by atoms with Crippen LogP contribution in [-0.4, -0.2) is 10.0 Å². The van der Waals surface area contributed by atoms with Crippen LogP contribution in [-0.2, 0) is 0 Å². The average molecular weight is 360 g/mol. The maximum Gasteiger partial charge on any atom is 0.294 e. The molecule has 1 heterocycles. The van der Waals surface area contributed by atoms with Gasteiger partial charge < -0.3 is 5.11 Å². The summed E-state index contributed by atoms with van der Waals surface area (Å²) in [5.74, 6) is 0. The van der Waals surface area contributed by atoms with Gasteiger partial charge in [-0.3, -0.25) is 10.1 Å². The van der Waals surface area contributed by atoms with E-state index >= 15 is 0 Å². The molecule has 0 saturated heterocycles. The van der Waals surface area contributed by atoms with Crippen LogP contribution in [0, 0.1) is 10.1 Å². The van der Waals surface area contributed by atoms with Gasteiger partial charge in [0.15, 0.2) is 0 Å². The zero-order valence-corrected chi connectivity index (χ0v) is 13.1. The summed E-state index contributed by atoms with van der Waals surface area (Å²) in [5.41, 5.74) is 0.0432. The molecule has 0 spiro atoms. The molecule has 100 valence electrons. The first-order chi connectivity index (χ1) is 8.99. The molecule has 0 unspecified atom stereocenters. The predicted molar refractivity (Wildman–Crippen MR) is 79.9 cm³/mol. The first-order valence-corrected chi connectivity index (χ1v) is 7.80. The van der Waals surface area contributed by atoms with Crippen LogP contribution >= 0.6 is 39.0 Å². The summed E-state index contributed by atoms with van der Waals surface area (Å²) in [6.07, 6.45) is -0.697. The first kappa shape index (κ1) is 14.5. The van der Waals surface area contributed by atoms with Crippen LogP contribution in [0.2, 0.25) is 0 Å². The lowest BCUT2D eigenvalue weighted by molar-refractivity contribution is -0.387. The van der Waals surface area contributed by atoms with E-state index in [0.29, 0.717) is 9.09 Å². The fourth-order valence-corrected chi connectivity index (χ4v) is 4.21. The lowest BCUT2D eigenvalue weighted by Gasteiger charge is -2.01. The SMILES string of the molecule is C[C@@H](O)c1cc([N+](=O)[O-])c(Sc2ccccc2Br)s1. The molecule has 4 nitrogen and oxygen atoms in total. The molecule has 0 bridgehead atoms. The summed E-state index contributed by atoms with van der Waals surface area (Å²) in [5, 5.41) is 20.6. The average Bonchev–Trinajstić information content (AvgIpc) is 2.76. The topological polar surface area (TPSA) is 63.4 Å². The van der Waals surface area contributed by atoms with Crippen LogP contribution in [0.5, 0.6) is 0 Å². The zero-order chi connectivity index (χ0) is 14.0. The van der Waals surface area contributed by atoms with E-state index < -0.39 is 11.0 Å². The second-order valence-electron chi connectivity index (χ2n) is 3.79. The third kappa shape index (κ3) is 3.36. The second kappa shape index (κ2) is 6.04. The van der Waals surface area contributed by atoms with Gasteiger partial charge in [-0.15, -0.1) is 11.3 Å².